The first-order chi connectivity index (χ1) is 11.7. The molecule has 0 radical (unpaired) electrons. The second-order valence-electron chi connectivity index (χ2n) is 5.76. The van der Waals surface area contributed by atoms with Crippen molar-refractivity contribution < 1.29 is 9.18 Å². The smallest absolute Gasteiger partial charge is 0.267 e. The molecule has 24 heavy (non-hydrogen) atoms. The molecular weight excluding hydrogens is 325 g/mol. The zero-order valence-electron chi connectivity index (χ0n) is 12.7. The van der Waals surface area contributed by atoms with Crippen LogP contribution in [0.25, 0.3) is 11.3 Å². The second kappa shape index (κ2) is 6.13. The first-order valence-electron chi connectivity index (χ1n) is 7.69. The van der Waals surface area contributed by atoms with E-state index in [1.165, 1.54) is 23.8 Å². The highest BCUT2D eigenvalue weighted by Gasteiger charge is 2.33. The molecule has 1 aliphatic rings. The topological polar surface area (TPSA) is 54.9 Å². The fourth-order valence-corrected chi connectivity index (χ4v) is 3.57. The Morgan fingerprint density at radius 1 is 1.21 bits per heavy atom. The Labute approximate surface area is 142 Å². The number of anilines is 1. The SMILES string of the molecule is O=C(Nc1cncc(F)c1)c1snc(-c2ccccc2)c1C1CC1. The van der Waals surface area contributed by atoms with Gasteiger partial charge >= 0.3 is 0 Å². The normalized spacial score (nSPS) is 13.7. The molecule has 0 atom stereocenters. The maximum absolute atomic E-state index is 13.2. The van der Waals surface area contributed by atoms with Crippen LogP contribution < -0.4 is 5.32 Å². The molecule has 1 amide bonds. The van der Waals surface area contributed by atoms with Gasteiger partial charge in [-0.15, -0.1) is 0 Å². The van der Waals surface area contributed by atoms with Gasteiger partial charge in [-0.1, -0.05) is 30.3 Å². The van der Waals surface area contributed by atoms with Crippen LogP contribution in [-0.2, 0) is 0 Å². The van der Waals surface area contributed by atoms with Crippen LogP contribution in [0.1, 0.15) is 34.0 Å². The highest BCUT2D eigenvalue weighted by molar-refractivity contribution is 7.08. The molecule has 3 aromatic rings. The third-order valence-electron chi connectivity index (χ3n) is 3.93. The fourth-order valence-electron chi connectivity index (χ4n) is 2.68. The van der Waals surface area contributed by atoms with Crippen LogP contribution in [0.5, 0.6) is 0 Å². The average molecular weight is 339 g/mol. The zero-order valence-corrected chi connectivity index (χ0v) is 13.5. The minimum atomic E-state index is -0.482. The van der Waals surface area contributed by atoms with Crippen molar-refractivity contribution in [2.45, 2.75) is 18.8 Å². The summed E-state index contributed by atoms with van der Waals surface area (Å²) < 4.78 is 17.8. The van der Waals surface area contributed by atoms with Gasteiger partial charge in [-0.3, -0.25) is 9.78 Å². The summed E-state index contributed by atoms with van der Waals surface area (Å²) in [6, 6.07) is 11.1. The highest BCUT2D eigenvalue weighted by Crippen LogP contribution is 2.47. The molecular formula is C18H14FN3OS. The molecule has 120 valence electrons. The van der Waals surface area contributed by atoms with Crippen molar-refractivity contribution >= 4 is 23.1 Å². The predicted octanol–water partition coefficient (Wildman–Crippen LogP) is 4.47. The second-order valence-corrected chi connectivity index (χ2v) is 6.53. The first-order valence-corrected chi connectivity index (χ1v) is 8.46. The highest BCUT2D eigenvalue weighted by atomic mass is 32.1. The van der Waals surface area contributed by atoms with Crippen LogP contribution in [0.4, 0.5) is 10.1 Å². The molecule has 4 rings (SSSR count). The lowest BCUT2D eigenvalue weighted by molar-refractivity contribution is 0.102. The summed E-state index contributed by atoms with van der Waals surface area (Å²) in [5.74, 6) is -0.362. The van der Waals surface area contributed by atoms with Gasteiger partial charge in [0, 0.05) is 17.2 Å². The number of hydrogen-bond acceptors (Lipinski definition) is 4. The number of halogens is 1. The number of benzene rings is 1. The van der Waals surface area contributed by atoms with Crippen molar-refractivity contribution in [2.75, 3.05) is 5.32 Å². The van der Waals surface area contributed by atoms with Crippen molar-refractivity contribution in [3.63, 3.8) is 0 Å². The lowest BCUT2D eigenvalue weighted by Crippen LogP contribution is -2.12. The number of nitrogens with zero attached hydrogens (tertiary/aromatic N) is 2. The Bertz CT molecular complexity index is 890. The number of rotatable bonds is 4. The number of aromatic nitrogens is 2. The Balaban J connectivity index is 1.68. The summed E-state index contributed by atoms with van der Waals surface area (Å²) in [7, 11) is 0. The van der Waals surface area contributed by atoms with Gasteiger partial charge in [0.1, 0.15) is 10.7 Å². The van der Waals surface area contributed by atoms with E-state index in [4.69, 9.17) is 0 Å². The van der Waals surface area contributed by atoms with Gasteiger partial charge in [-0.25, -0.2) is 4.39 Å². The van der Waals surface area contributed by atoms with Gasteiger partial charge in [-0.2, -0.15) is 4.37 Å². The number of nitrogens with one attached hydrogen (secondary N) is 1. The van der Waals surface area contributed by atoms with Gasteiger partial charge in [0.15, 0.2) is 0 Å². The molecule has 1 aliphatic carbocycles. The maximum Gasteiger partial charge on any atom is 0.267 e. The van der Waals surface area contributed by atoms with E-state index in [0.29, 0.717) is 16.5 Å². The zero-order chi connectivity index (χ0) is 16.5. The summed E-state index contributed by atoms with van der Waals surface area (Å²) in [6.45, 7) is 0. The van der Waals surface area contributed by atoms with Gasteiger partial charge in [0.25, 0.3) is 5.91 Å². The lowest BCUT2D eigenvalue weighted by Gasteiger charge is -2.06. The van der Waals surface area contributed by atoms with E-state index in [0.717, 1.165) is 35.9 Å². The number of amides is 1. The molecule has 1 aromatic carbocycles. The van der Waals surface area contributed by atoms with E-state index < -0.39 is 5.82 Å². The summed E-state index contributed by atoms with van der Waals surface area (Å²) in [5.41, 5.74) is 3.25. The van der Waals surface area contributed by atoms with Gasteiger partial charge in [0.05, 0.1) is 23.8 Å². The molecule has 2 aromatic heterocycles. The number of carbonyl (C=O) groups is 1. The summed E-state index contributed by atoms with van der Waals surface area (Å²) in [4.78, 5) is 17.0. The average Bonchev–Trinajstić information content (AvgIpc) is 3.33. The minimum absolute atomic E-state index is 0.260. The van der Waals surface area contributed by atoms with Crippen LogP contribution >= 0.6 is 11.5 Å². The molecule has 0 aliphatic heterocycles. The third-order valence-corrected chi connectivity index (χ3v) is 4.79. The van der Waals surface area contributed by atoms with Gasteiger partial charge < -0.3 is 5.32 Å². The summed E-state index contributed by atoms with van der Waals surface area (Å²) in [6.07, 6.45) is 4.67. The minimum Gasteiger partial charge on any atom is -0.320 e. The molecule has 0 bridgehead atoms. The van der Waals surface area contributed by atoms with Gasteiger partial charge in [0.2, 0.25) is 0 Å². The molecule has 1 N–H and O–H groups in total. The van der Waals surface area contributed by atoms with E-state index in [9.17, 15) is 9.18 Å². The van der Waals surface area contributed by atoms with Crippen LogP contribution in [0, 0.1) is 5.82 Å². The van der Waals surface area contributed by atoms with E-state index in [-0.39, 0.29) is 5.91 Å². The molecule has 0 spiro atoms. The number of hydrogen-bond donors (Lipinski definition) is 1. The monoisotopic (exact) mass is 339 g/mol. The summed E-state index contributed by atoms with van der Waals surface area (Å²) >= 11 is 1.19. The summed E-state index contributed by atoms with van der Waals surface area (Å²) in [5, 5.41) is 2.72. The van der Waals surface area contributed by atoms with Crippen LogP contribution in [0.2, 0.25) is 0 Å². The van der Waals surface area contributed by atoms with Crippen molar-refractivity contribution in [3.8, 4) is 11.3 Å². The van der Waals surface area contributed by atoms with E-state index >= 15 is 0 Å². The lowest BCUT2D eigenvalue weighted by atomic mass is 10.0. The molecule has 2 heterocycles. The maximum atomic E-state index is 13.2. The third kappa shape index (κ3) is 2.92. The molecule has 0 saturated heterocycles. The largest absolute Gasteiger partial charge is 0.320 e. The molecule has 1 saturated carbocycles. The Morgan fingerprint density at radius 3 is 2.71 bits per heavy atom. The van der Waals surface area contributed by atoms with Crippen molar-refractivity contribution in [3.05, 3.63) is 65.0 Å². The van der Waals surface area contributed by atoms with E-state index in [2.05, 4.69) is 14.7 Å². The fraction of sp³-hybridized carbons (Fsp3) is 0.167. The van der Waals surface area contributed by atoms with Crippen LogP contribution in [0.3, 0.4) is 0 Å². The standard InChI is InChI=1S/C18H14FN3OS/c19-13-8-14(10-20-9-13)21-18(23)17-15(11-6-7-11)16(22-24-17)12-4-2-1-3-5-12/h1-5,8-11H,6-7H2,(H,21,23). The number of carbonyl (C=O) groups excluding carboxylic acids is 1. The Morgan fingerprint density at radius 2 is 2.00 bits per heavy atom. The van der Waals surface area contributed by atoms with Gasteiger partial charge in [-0.05, 0) is 30.3 Å². The quantitative estimate of drug-likeness (QED) is 0.763. The van der Waals surface area contributed by atoms with Crippen molar-refractivity contribution in [1.82, 2.24) is 9.36 Å². The van der Waals surface area contributed by atoms with Crippen molar-refractivity contribution in [2.24, 2.45) is 0 Å². The van der Waals surface area contributed by atoms with Crippen molar-refractivity contribution in [1.29, 1.82) is 0 Å². The number of pyridine rings is 1. The van der Waals surface area contributed by atoms with Crippen LogP contribution in [0.15, 0.2) is 48.8 Å². The molecule has 0 unspecified atom stereocenters. The van der Waals surface area contributed by atoms with E-state index in [1.807, 2.05) is 30.3 Å². The van der Waals surface area contributed by atoms with Crippen LogP contribution in [-0.4, -0.2) is 15.3 Å². The van der Waals surface area contributed by atoms with E-state index in [1.54, 1.807) is 0 Å². The molecule has 6 heteroatoms. The first kappa shape index (κ1) is 15.0. The Kier molecular flexibility index (Phi) is 3.82. The predicted molar refractivity (Wildman–Crippen MR) is 91.7 cm³/mol. The molecule has 1 fully saturated rings. The Hall–Kier alpha value is -2.60. The molecule has 4 nitrogen and oxygen atoms in total.